The summed E-state index contributed by atoms with van der Waals surface area (Å²) >= 11 is 5.76. The third-order valence-electron chi connectivity index (χ3n) is 2.26. The number of halogens is 1. The van der Waals surface area contributed by atoms with Gasteiger partial charge in [0.2, 0.25) is 0 Å². The highest BCUT2D eigenvalue weighted by molar-refractivity contribution is 6.31. The van der Waals surface area contributed by atoms with E-state index in [0.29, 0.717) is 16.4 Å². The Labute approximate surface area is 114 Å². The second kappa shape index (κ2) is 5.53. The molecule has 2 rings (SSSR count). The van der Waals surface area contributed by atoms with E-state index in [0.717, 1.165) is 5.69 Å². The van der Waals surface area contributed by atoms with Gasteiger partial charge in [0.05, 0.1) is 0 Å². The Bertz CT molecular complexity index is 624. The zero-order valence-electron chi connectivity index (χ0n) is 10.0. The molecule has 6 nitrogen and oxygen atoms in total. The van der Waals surface area contributed by atoms with Crippen LogP contribution < -0.4 is 10.6 Å². The first-order chi connectivity index (χ1) is 9.04. The molecule has 7 heteroatoms. The minimum absolute atomic E-state index is 0.306. The Morgan fingerprint density at radius 3 is 2.74 bits per heavy atom. The molecule has 3 N–H and O–H groups in total. The molecule has 0 aliphatic heterocycles. The van der Waals surface area contributed by atoms with Crippen LogP contribution in [0.3, 0.4) is 0 Å². The van der Waals surface area contributed by atoms with Gasteiger partial charge < -0.3 is 0 Å². The lowest BCUT2D eigenvalue weighted by atomic mass is 10.2. The maximum Gasteiger partial charge on any atom is 0.327 e. The first kappa shape index (κ1) is 13.1. The van der Waals surface area contributed by atoms with Crippen LogP contribution in [-0.4, -0.2) is 22.1 Å². The van der Waals surface area contributed by atoms with Gasteiger partial charge in [-0.3, -0.25) is 20.5 Å². The Morgan fingerprint density at radius 1 is 1.32 bits per heavy atom. The van der Waals surface area contributed by atoms with Gasteiger partial charge in [0.15, 0.2) is 5.82 Å². The van der Waals surface area contributed by atoms with Crippen LogP contribution in [0.15, 0.2) is 30.3 Å². The number of hydrogen-bond acceptors (Lipinski definition) is 3. The van der Waals surface area contributed by atoms with Crippen molar-refractivity contribution in [1.82, 2.24) is 15.5 Å². The lowest BCUT2D eigenvalue weighted by Crippen LogP contribution is -2.34. The van der Waals surface area contributed by atoms with E-state index in [-0.39, 0.29) is 0 Å². The molecule has 0 atom stereocenters. The molecule has 0 radical (unpaired) electrons. The summed E-state index contributed by atoms with van der Waals surface area (Å²) in [5.41, 5.74) is 1.11. The topological polar surface area (TPSA) is 86.9 Å². The SMILES string of the molecule is Cc1cc(NC(=O)NC(=O)c2cccc(Cl)c2)n[nH]1. The maximum absolute atomic E-state index is 11.7. The van der Waals surface area contributed by atoms with Crippen LogP contribution in [0.4, 0.5) is 10.6 Å². The molecule has 1 heterocycles. The normalized spacial score (nSPS) is 10.0. The van der Waals surface area contributed by atoms with Gasteiger partial charge in [-0.25, -0.2) is 4.79 Å². The van der Waals surface area contributed by atoms with Gasteiger partial charge in [-0.2, -0.15) is 5.10 Å². The Hall–Kier alpha value is -2.34. The Morgan fingerprint density at radius 2 is 2.11 bits per heavy atom. The van der Waals surface area contributed by atoms with Gasteiger partial charge in [0, 0.05) is 22.3 Å². The molecule has 2 aromatic rings. The van der Waals surface area contributed by atoms with Crippen LogP contribution in [0.25, 0.3) is 0 Å². The van der Waals surface area contributed by atoms with Crippen molar-refractivity contribution in [3.8, 4) is 0 Å². The molecule has 0 saturated heterocycles. The third-order valence-corrected chi connectivity index (χ3v) is 2.50. The molecular formula is C12H11ClN4O2. The van der Waals surface area contributed by atoms with Crippen molar-refractivity contribution in [1.29, 1.82) is 0 Å². The predicted molar refractivity (Wildman–Crippen MR) is 71.3 cm³/mol. The number of rotatable bonds is 2. The summed E-state index contributed by atoms with van der Waals surface area (Å²) in [6, 6.07) is 7.30. The number of nitrogens with one attached hydrogen (secondary N) is 3. The van der Waals surface area contributed by atoms with Gasteiger partial charge in [0.25, 0.3) is 5.91 Å². The van der Waals surface area contributed by atoms with Crippen LogP contribution in [0.1, 0.15) is 16.1 Å². The number of urea groups is 1. The van der Waals surface area contributed by atoms with Gasteiger partial charge in [0.1, 0.15) is 0 Å². The fraction of sp³-hybridized carbons (Fsp3) is 0.0833. The molecule has 0 bridgehead atoms. The summed E-state index contributed by atoms with van der Waals surface area (Å²) in [4.78, 5) is 23.3. The van der Waals surface area contributed by atoms with E-state index in [1.165, 1.54) is 6.07 Å². The fourth-order valence-corrected chi connectivity index (χ4v) is 1.62. The van der Waals surface area contributed by atoms with Crippen molar-refractivity contribution in [2.45, 2.75) is 6.92 Å². The number of benzene rings is 1. The molecular weight excluding hydrogens is 268 g/mol. The van der Waals surface area contributed by atoms with Crippen molar-refractivity contribution >= 4 is 29.4 Å². The summed E-state index contributed by atoms with van der Waals surface area (Å²) in [5.74, 6) is -0.193. The second-order valence-corrected chi connectivity index (χ2v) is 4.29. The van der Waals surface area contributed by atoms with E-state index in [1.807, 2.05) is 0 Å². The number of hydrogen-bond donors (Lipinski definition) is 3. The molecule has 19 heavy (non-hydrogen) atoms. The highest BCUT2D eigenvalue weighted by atomic mass is 35.5. The fourth-order valence-electron chi connectivity index (χ4n) is 1.43. The first-order valence-corrected chi connectivity index (χ1v) is 5.82. The highest BCUT2D eigenvalue weighted by Gasteiger charge is 2.11. The molecule has 0 spiro atoms. The number of aromatic nitrogens is 2. The largest absolute Gasteiger partial charge is 0.327 e. The average Bonchev–Trinajstić information content (AvgIpc) is 2.74. The molecule has 3 amide bonds. The number of aromatic amines is 1. The van der Waals surface area contributed by atoms with Crippen molar-refractivity contribution < 1.29 is 9.59 Å². The molecule has 0 aliphatic rings. The van der Waals surface area contributed by atoms with Crippen LogP contribution >= 0.6 is 11.6 Å². The maximum atomic E-state index is 11.7. The quantitative estimate of drug-likeness (QED) is 0.788. The molecule has 0 unspecified atom stereocenters. The van der Waals surface area contributed by atoms with Crippen molar-refractivity contribution in [3.63, 3.8) is 0 Å². The van der Waals surface area contributed by atoms with Crippen LogP contribution in [0.2, 0.25) is 5.02 Å². The highest BCUT2D eigenvalue weighted by Crippen LogP contribution is 2.10. The Balaban J connectivity index is 1.97. The average molecular weight is 279 g/mol. The lowest BCUT2D eigenvalue weighted by molar-refractivity contribution is 0.0967. The molecule has 0 fully saturated rings. The van der Waals surface area contributed by atoms with E-state index in [2.05, 4.69) is 20.8 Å². The standard InChI is InChI=1S/C12H11ClN4O2/c1-7-5-10(17-16-7)14-12(19)15-11(18)8-3-2-4-9(13)6-8/h2-6H,1H3,(H3,14,15,16,17,18,19). The minimum atomic E-state index is -0.656. The summed E-state index contributed by atoms with van der Waals surface area (Å²) in [5, 5.41) is 11.5. The predicted octanol–water partition coefficient (Wildman–Crippen LogP) is 2.33. The number of aryl methyl sites for hydroxylation is 1. The molecule has 98 valence electrons. The number of carbonyl (C=O) groups excluding carboxylic acids is 2. The molecule has 1 aromatic heterocycles. The van der Waals surface area contributed by atoms with Gasteiger partial charge in [-0.05, 0) is 25.1 Å². The molecule has 1 aromatic carbocycles. The number of nitrogens with zero attached hydrogens (tertiary/aromatic N) is 1. The van der Waals surface area contributed by atoms with E-state index >= 15 is 0 Å². The molecule has 0 aliphatic carbocycles. The number of imide groups is 1. The van der Waals surface area contributed by atoms with E-state index in [1.54, 1.807) is 31.2 Å². The van der Waals surface area contributed by atoms with Gasteiger partial charge >= 0.3 is 6.03 Å². The number of H-pyrrole nitrogens is 1. The zero-order valence-corrected chi connectivity index (χ0v) is 10.8. The minimum Gasteiger partial charge on any atom is -0.291 e. The monoisotopic (exact) mass is 278 g/mol. The van der Waals surface area contributed by atoms with Crippen LogP contribution in [-0.2, 0) is 0 Å². The van der Waals surface area contributed by atoms with E-state index < -0.39 is 11.9 Å². The lowest BCUT2D eigenvalue weighted by Gasteiger charge is -2.04. The van der Waals surface area contributed by atoms with Gasteiger partial charge in [-0.1, -0.05) is 17.7 Å². The van der Waals surface area contributed by atoms with E-state index in [9.17, 15) is 9.59 Å². The summed E-state index contributed by atoms with van der Waals surface area (Å²) in [6.07, 6.45) is 0. The van der Waals surface area contributed by atoms with Crippen molar-refractivity contribution in [2.24, 2.45) is 0 Å². The second-order valence-electron chi connectivity index (χ2n) is 3.85. The number of amides is 3. The Kier molecular flexibility index (Phi) is 3.82. The zero-order chi connectivity index (χ0) is 13.8. The summed E-state index contributed by atoms with van der Waals surface area (Å²) < 4.78 is 0. The number of anilines is 1. The summed E-state index contributed by atoms with van der Waals surface area (Å²) in [7, 11) is 0. The van der Waals surface area contributed by atoms with E-state index in [4.69, 9.17) is 11.6 Å². The molecule has 0 saturated carbocycles. The third kappa shape index (κ3) is 3.56. The van der Waals surface area contributed by atoms with Gasteiger partial charge in [-0.15, -0.1) is 0 Å². The smallest absolute Gasteiger partial charge is 0.291 e. The first-order valence-electron chi connectivity index (χ1n) is 5.44. The van der Waals surface area contributed by atoms with Crippen molar-refractivity contribution in [2.75, 3.05) is 5.32 Å². The van der Waals surface area contributed by atoms with Crippen LogP contribution in [0, 0.1) is 6.92 Å². The van der Waals surface area contributed by atoms with Crippen molar-refractivity contribution in [3.05, 3.63) is 46.6 Å². The van der Waals surface area contributed by atoms with Crippen LogP contribution in [0.5, 0.6) is 0 Å². The summed E-state index contributed by atoms with van der Waals surface area (Å²) in [6.45, 7) is 1.80. The number of carbonyl (C=O) groups is 2.